The van der Waals surface area contributed by atoms with E-state index in [1.165, 1.54) is 0 Å². The fourth-order valence-electron chi connectivity index (χ4n) is 5.48. The van der Waals surface area contributed by atoms with Gasteiger partial charge in [0.2, 0.25) is 0 Å². The number of carboxylic acids is 2. The molecule has 1 saturated carbocycles. The number of ether oxygens (including phenoxy) is 1. The minimum Gasteiger partial charge on any atom is -0.479 e. The number of rotatable bonds is 8. The molecule has 36 heavy (non-hydrogen) atoms. The lowest BCUT2D eigenvalue weighted by Crippen LogP contribution is -2.52. The van der Waals surface area contributed by atoms with Crippen LogP contribution >= 0.6 is 22.9 Å². The Morgan fingerprint density at radius 2 is 1.81 bits per heavy atom. The van der Waals surface area contributed by atoms with Crippen molar-refractivity contribution < 1.29 is 29.3 Å². The van der Waals surface area contributed by atoms with Gasteiger partial charge in [-0.05, 0) is 54.7 Å². The summed E-state index contributed by atoms with van der Waals surface area (Å²) < 4.78 is 5.21. The molecule has 0 unspecified atom stereocenters. The van der Waals surface area contributed by atoms with E-state index in [-0.39, 0.29) is 38.6 Å². The zero-order chi connectivity index (χ0) is 26.8. The van der Waals surface area contributed by atoms with Gasteiger partial charge in [-0.25, -0.2) is 14.4 Å². The zero-order valence-electron chi connectivity index (χ0n) is 21.2. The van der Waals surface area contributed by atoms with Crippen LogP contribution < -0.4 is 15.0 Å². The van der Waals surface area contributed by atoms with E-state index in [9.17, 15) is 19.5 Å². The summed E-state index contributed by atoms with van der Waals surface area (Å²) in [6, 6.07) is 7.02. The molecule has 0 spiro atoms. The molecule has 0 saturated heterocycles. The van der Waals surface area contributed by atoms with Gasteiger partial charge in [0.1, 0.15) is 5.02 Å². The maximum Gasteiger partial charge on any atom is 0.349 e. The topological polar surface area (TPSA) is 116 Å². The van der Waals surface area contributed by atoms with Crippen LogP contribution in [0.5, 0.6) is 5.75 Å². The Hall–Kier alpha value is -2.78. The summed E-state index contributed by atoms with van der Waals surface area (Å²) in [5, 5.41) is 21.5. The van der Waals surface area contributed by atoms with Crippen molar-refractivity contribution in [3.8, 4) is 16.2 Å². The molecule has 1 aromatic carbocycles. The van der Waals surface area contributed by atoms with Gasteiger partial charge in [0.15, 0.2) is 17.2 Å². The fraction of sp³-hybridized carbons (Fsp3) is 0.500. The highest BCUT2D eigenvalue weighted by Crippen LogP contribution is 2.49. The van der Waals surface area contributed by atoms with Gasteiger partial charge in [0.05, 0.1) is 4.88 Å². The maximum atomic E-state index is 13.3. The molecule has 0 radical (unpaired) electrons. The highest BCUT2D eigenvalue weighted by atomic mass is 35.5. The van der Waals surface area contributed by atoms with E-state index in [1.54, 1.807) is 17.0 Å². The molecule has 1 aromatic heterocycles. The van der Waals surface area contributed by atoms with Crippen molar-refractivity contribution in [1.29, 1.82) is 0 Å². The first-order chi connectivity index (χ1) is 16.7. The number of carbonyl (C=O) groups is 3. The number of hydrogen-bond donors (Lipinski definition) is 3. The monoisotopic (exact) mass is 536 g/mol. The summed E-state index contributed by atoms with van der Waals surface area (Å²) >= 11 is 7.40. The second kappa shape index (κ2) is 10.7. The van der Waals surface area contributed by atoms with Gasteiger partial charge in [-0.2, -0.15) is 0 Å². The van der Waals surface area contributed by atoms with E-state index < -0.39 is 18.5 Å². The van der Waals surface area contributed by atoms with Crippen LogP contribution in [0.4, 0.5) is 10.5 Å². The molecule has 196 valence electrons. The third-order valence-electron chi connectivity index (χ3n) is 6.18. The highest BCUT2D eigenvalue weighted by Gasteiger charge is 2.42. The molecule has 2 aromatic rings. The first-order valence-corrected chi connectivity index (χ1v) is 13.0. The number of nitrogens with zero attached hydrogens (tertiary/aromatic N) is 1. The quantitative estimate of drug-likeness (QED) is 0.361. The van der Waals surface area contributed by atoms with Crippen LogP contribution in [0.15, 0.2) is 24.3 Å². The van der Waals surface area contributed by atoms with Gasteiger partial charge in [-0.3, -0.25) is 4.90 Å². The van der Waals surface area contributed by atoms with Crippen molar-refractivity contribution in [3.05, 3.63) is 34.2 Å². The smallest absolute Gasteiger partial charge is 0.349 e. The minimum atomic E-state index is -1.26. The molecular formula is C26H33ClN2O6S. The normalized spacial score (nSPS) is 16.8. The number of aliphatic carboxylic acids is 1. The lowest BCUT2D eigenvalue weighted by atomic mass is 9.63. The fourth-order valence-corrected chi connectivity index (χ4v) is 6.88. The molecule has 10 heteroatoms. The van der Waals surface area contributed by atoms with Gasteiger partial charge in [-0.1, -0.05) is 51.4 Å². The van der Waals surface area contributed by atoms with Crippen molar-refractivity contribution in [1.82, 2.24) is 5.32 Å². The lowest BCUT2D eigenvalue weighted by molar-refractivity contribution is -0.139. The molecule has 1 fully saturated rings. The van der Waals surface area contributed by atoms with Gasteiger partial charge < -0.3 is 20.3 Å². The van der Waals surface area contributed by atoms with Crippen molar-refractivity contribution >= 4 is 46.6 Å². The van der Waals surface area contributed by atoms with Crippen LogP contribution in [0, 0.1) is 10.8 Å². The second-order valence-corrected chi connectivity index (χ2v) is 12.1. The third kappa shape index (κ3) is 6.31. The summed E-state index contributed by atoms with van der Waals surface area (Å²) in [6.07, 6.45) is 2.74. The van der Waals surface area contributed by atoms with E-state index in [1.807, 2.05) is 19.1 Å². The van der Waals surface area contributed by atoms with Gasteiger partial charge >= 0.3 is 18.0 Å². The Morgan fingerprint density at radius 1 is 1.17 bits per heavy atom. The number of benzene rings is 1. The number of thiophene rings is 1. The standard InChI is InChI=1S/C26H33ClN2O6S/c1-6-28-24(34)29(17-11-25(2,3)14-26(4,5)12-17)16-9-7-8-15(10-16)21-19(27)20(35-13-18(30)31)22(36-21)23(32)33/h7-10,17H,6,11-14H2,1-5H3,(H,28,34)(H,30,31)(H,32,33). The molecule has 0 atom stereocenters. The molecule has 1 aliphatic rings. The summed E-state index contributed by atoms with van der Waals surface area (Å²) in [5.41, 5.74) is 1.39. The number of hydrogen-bond acceptors (Lipinski definition) is 5. The molecule has 1 heterocycles. The molecule has 1 aliphatic carbocycles. The molecule has 2 amide bonds. The number of anilines is 1. The molecule has 0 bridgehead atoms. The first-order valence-electron chi connectivity index (χ1n) is 11.8. The number of nitrogens with one attached hydrogen (secondary N) is 1. The second-order valence-electron chi connectivity index (χ2n) is 10.7. The SMILES string of the molecule is CCNC(=O)N(c1cccc(-c2sc(C(=O)O)c(OCC(=O)O)c2Cl)c1)C1CC(C)(C)CC(C)(C)C1. The van der Waals surface area contributed by atoms with Crippen molar-refractivity contribution in [2.45, 2.75) is 59.9 Å². The number of amides is 2. The van der Waals surface area contributed by atoms with Crippen LogP contribution in [0.25, 0.3) is 10.4 Å². The Morgan fingerprint density at radius 3 is 2.36 bits per heavy atom. The van der Waals surface area contributed by atoms with E-state index in [4.69, 9.17) is 21.4 Å². The third-order valence-corrected chi connectivity index (χ3v) is 7.86. The Balaban J connectivity index is 2.07. The Kier molecular flexibility index (Phi) is 8.25. The summed E-state index contributed by atoms with van der Waals surface area (Å²) in [7, 11) is 0. The molecule has 3 rings (SSSR count). The van der Waals surface area contributed by atoms with Crippen LogP contribution in [0.1, 0.15) is 63.6 Å². The zero-order valence-corrected chi connectivity index (χ0v) is 22.8. The average molecular weight is 537 g/mol. The van der Waals surface area contributed by atoms with Gasteiger partial charge in [-0.15, -0.1) is 11.3 Å². The van der Waals surface area contributed by atoms with Crippen molar-refractivity contribution in [2.24, 2.45) is 10.8 Å². The van der Waals surface area contributed by atoms with E-state index in [0.717, 1.165) is 30.6 Å². The number of carbonyl (C=O) groups excluding carboxylic acids is 1. The number of aromatic carboxylic acids is 1. The van der Waals surface area contributed by atoms with Crippen LogP contribution in [0.2, 0.25) is 5.02 Å². The largest absolute Gasteiger partial charge is 0.479 e. The number of urea groups is 1. The molecule has 0 aliphatic heterocycles. The number of carboxylic acid groups (broad SMARTS) is 2. The lowest BCUT2D eigenvalue weighted by Gasteiger charge is -2.48. The Bertz CT molecular complexity index is 1140. The first kappa shape index (κ1) is 27.8. The average Bonchev–Trinajstić information content (AvgIpc) is 3.07. The summed E-state index contributed by atoms with van der Waals surface area (Å²) in [6.45, 7) is 10.6. The summed E-state index contributed by atoms with van der Waals surface area (Å²) in [5.74, 6) is -2.68. The van der Waals surface area contributed by atoms with Gasteiger partial charge in [0.25, 0.3) is 0 Å². The van der Waals surface area contributed by atoms with E-state index in [0.29, 0.717) is 22.7 Å². The van der Waals surface area contributed by atoms with Crippen LogP contribution in [0.3, 0.4) is 0 Å². The van der Waals surface area contributed by atoms with Gasteiger partial charge in [0, 0.05) is 18.3 Å². The van der Waals surface area contributed by atoms with E-state index >= 15 is 0 Å². The minimum absolute atomic E-state index is 0.0280. The predicted octanol–water partition coefficient (Wildman–Crippen LogP) is 6.37. The highest BCUT2D eigenvalue weighted by molar-refractivity contribution is 7.18. The van der Waals surface area contributed by atoms with Crippen LogP contribution in [-0.4, -0.2) is 47.4 Å². The van der Waals surface area contributed by atoms with Crippen molar-refractivity contribution in [3.63, 3.8) is 0 Å². The number of halogens is 1. The van der Waals surface area contributed by atoms with Crippen molar-refractivity contribution in [2.75, 3.05) is 18.1 Å². The maximum absolute atomic E-state index is 13.3. The molecule has 8 nitrogen and oxygen atoms in total. The van der Waals surface area contributed by atoms with Crippen LogP contribution in [-0.2, 0) is 4.79 Å². The predicted molar refractivity (Wildman–Crippen MR) is 142 cm³/mol. The summed E-state index contributed by atoms with van der Waals surface area (Å²) in [4.78, 5) is 38.1. The van der Waals surface area contributed by atoms with E-state index in [2.05, 4.69) is 33.0 Å². The Labute approximate surface area is 220 Å². The molecule has 3 N–H and O–H groups in total. The molecular weight excluding hydrogens is 504 g/mol.